The second-order valence-corrected chi connectivity index (χ2v) is 9.01. The molecule has 144 valence electrons. The zero-order valence-corrected chi connectivity index (χ0v) is 17.2. The Bertz CT molecular complexity index is 361. The largest absolute Gasteiger partial charge is 0.0917 e. The Morgan fingerprint density at radius 3 is 1.48 bits per heavy atom. The highest BCUT2D eigenvalue weighted by Crippen LogP contribution is 2.36. The molecule has 25 heavy (non-hydrogen) atoms. The monoisotopic (exact) mass is 344 g/mol. The summed E-state index contributed by atoms with van der Waals surface area (Å²) >= 11 is 0. The number of allylic oxidation sites excluding steroid dienone is 4. The van der Waals surface area contributed by atoms with Crippen LogP contribution in [0.25, 0.3) is 0 Å². The highest BCUT2D eigenvalue weighted by atomic mass is 14.3. The molecular formula is C25H44. The van der Waals surface area contributed by atoms with Crippen molar-refractivity contribution in [2.75, 3.05) is 0 Å². The van der Waals surface area contributed by atoms with E-state index < -0.39 is 0 Å². The first-order valence-corrected chi connectivity index (χ1v) is 11.5. The Morgan fingerprint density at radius 2 is 1.00 bits per heavy atom. The molecule has 0 spiro atoms. The Balaban J connectivity index is 1.46. The predicted molar refractivity (Wildman–Crippen MR) is 113 cm³/mol. The number of unbranched alkanes of at least 4 members (excludes halogenated alkanes) is 1. The van der Waals surface area contributed by atoms with E-state index in [1.165, 1.54) is 96.3 Å². The summed E-state index contributed by atoms with van der Waals surface area (Å²) in [5.74, 6) is 4.15. The summed E-state index contributed by atoms with van der Waals surface area (Å²) in [5, 5.41) is 0. The van der Waals surface area contributed by atoms with Crippen molar-refractivity contribution in [2.24, 2.45) is 23.7 Å². The third-order valence-corrected chi connectivity index (χ3v) is 7.09. The summed E-state index contributed by atoms with van der Waals surface area (Å²) in [5.41, 5.74) is 0. The van der Waals surface area contributed by atoms with Crippen molar-refractivity contribution in [3.8, 4) is 0 Å². The van der Waals surface area contributed by atoms with E-state index in [-0.39, 0.29) is 0 Å². The van der Waals surface area contributed by atoms with Gasteiger partial charge in [-0.25, -0.2) is 0 Å². The normalized spacial score (nSPS) is 31.1. The lowest BCUT2D eigenvalue weighted by atomic mass is 9.77. The molecule has 0 N–H and O–H groups in total. The first-order chi connectivity index (χ1) is 12.3. The van der Waals surface area contributed by atoms with Gasteiger partial charge in [-0.1, -0.05) is 88.5 Å². The maximum atomic E-state index is 2.38. The Hall–Kier alpha value is -0.520. The van der Waals surface area contributed by atoms with E-state index in [0.29, 0.717) is 0 Å². The maximum absolute atomic E-state index is 2.38. The van der Waals surface area contributed by atoms with Crippen LogP contribution in [-0.4, -0.2) is 0 Å². The molecule has 0 radical (unpaired) electrons. The molecule has 0 aromatic carbocycles. The fourth-order valence-electron chi connectivity index (χ4n) is 5.26. The summed E-state index contributed by atoms with van der Waals surface area (Å²) in [6.07, 6.45) is 31.4. The minimum absolute atomic E-state index is 0.996. The smallest absolute Gasteiger partial charge is 0.0322 e. The van der Waals surface area contributed by atoms with E-state index >= 15 is 0 Å². The van der Waals surface area contributed by atoms with Gasteiger partial charge in [-0.05, 0) is 69.6 Å². The van der Waals surface area contributed by atoms with Crippen molar-refractivity contribution >= 4 is 0 Å². The third kappa shape index (κ3) is 8.61. The molecule has 0 nitrogen and oxygen atoms in total. The molecule has 2 aliphatic rings. The second-order valence-electron chi connectivity index (χ2n) is 9.01. The quantitative estimate of drug-likeness (QED) is 0.275. The van der Waals surface area contributed by atoms with Gasteiger partial charge in [0.25, 0.3) is 0 Å². The van der Waals surface area contributed by atoms with Gasteiger partial charge in [0.05, 0.1) is 0 Å². The highest BCUT2D eigenvalue weighted by Gasteiger charge is 2.22. The van der Waals surface area contributed by atoms with Crippen molar-refractivity contribution in [1.82, 2.24) is 0 Å². The van der Waals surface area contributed by atoms with Gasteiger partial charge >= 0.3 is 0 Å². The molecule has 0 saturated heterocycles. The van der Waals surface area contributed by atoms with E-state index in [4.69, 9.17) is 0 Å². The summed E-state index contributed by atoms with van der Waals surface area (Å²) < 4.78 is 0. The van der Waals surface area contributed by atoms with E-state index in [1.807, 2.05) is 0 Å². The zero-order valence-electron chi connectivity index (χ0n) is 17.2. The van der Waals surface area contributed by atoms with Gasteiger partial charge in [-0.15, -0.1) is 0 Å². The minimum atomic E-state index is 0.996. The fourth-order valence-corrected chi connectivity index (χ4v) is 5.26. The second kappa shape index (κ2) is 12.8. The van der Waals surface area contributed by atoms with Crippen molar-refractivity contribution < 1.29 is 0 Å². The van der Waals surface area contributed by atoms with Gasteiger partial charge < -0.3 is 0 Å². The molecule has 0 aliphatic heterocycles. The van der Waals surface area contributed by atoms with Crippen LogP contribution in [0.5, 0.6) is 0 Å². The molecule has 0 heterocycles. The van der Waals surface area contributed by atoms with Gasteiger partial charge in [0.2, 0.25) is 0 Å². The third-order valence-electron chi connectivity index (χ3n) is 7.09. The van der Waals surface area contributed by atoms with Crippen molar-refractivity contribution in [2.45, 2.75) is 110 Å². The predicted octanol–water partition coefficient (Wildman–Crippen LogP) is 8.48. The lowest BCUT2D eigenvalue weighted by Crippen LogP contribution is -2.15. The Kier molecular flexibility index (Phi) is 10.6. The Morgan fingerprint density at radius 1 is 0.560 bits per heavy atom. The molecule has 2 fully saturated rings. The van der Waals surface area contributed by atoms with Crippen LogP contribution in [0.3, 0.4) is 0 Å². The molecule has 0 bridgehead atoms. The van der Waals surface area contributed by atoms with Crippen LogP contribution in [0.2, 0.25) is 0 Å². The maximum Gasteiger partial charge on any atom is -0.0322 e. The molecule has 0 heteroatoms. The molecule has 2 saturated carbocycles. The zero-order chi connectivity index (χ0) is 17.7. The molecule has 0 aromatic heterocycles. The average Bonchev–Trinajstić information content (AvgIpc) is 2.66. The summed E-state index contributed by atoms with van der Waals surface area (Å²) in [7, 11) is 0. The van der Waals surface area contributed by atoms with E-state index in [0.717, 1.165) is 23.7 Å². The van der Waals surface area contributed by atoms with Crippen molar-refractivity contribution in [1.29, 1.82) is 0 Å². The van der Waals surface area contributed by atoms with Gasteiger partial charge in [0.1, 0.15) is 0 Å². The van der Waals surface area contributed by atoms with Gasteiger partial charge in [0, 0.05) is 0 Å². The van der Waals surface area contributed by atoms with E-state index in [2.05, 4.69) is 38.2 Å². The van der Waals surface area contributed by atoms with Crippen LogP contribution in [0.1, 0.15) is 110 Å². The number of rotatable bonds is 10. The van der Waals surface area contributed by atoms with Crippen LogP contribution in [0.4, 0.5) is 0 Å². The van der Waals surface area contributed by atoms with Crippen molar-refractivity contribution in [3.63, 3.8) is 0 Å². The first-order valence-electron chi connectivity index (χ1n) is 11.5. The summed E-state index contributed by atoms with van der Waals surface area (Å²) in [4.78, 5) is 0. The van der Waals surface area contributed by atoms with Gasteiger partial charge in [-0.3, -0.25) is 0 Å². The molecular weight excluding hydrogens is 300 g/mol. The molecule has 0 amide bonds. The van der Waals surface area contributed by atoms with Crippen LogP contribution < -0.4 is 0 Å². The molecule has 0 atom stereocenters. The van der Waals surface area contributed by atoms with E-state index in [9.17, 15) is 0 Å². The summed E-state index contributed by atoms with van der Waals surface area (Å²) in [6, 6.07) is 0. The first kappa shape index (κ1) is 20.8. The van der Waals surface area contributed by atoms with E-state index in [1.54, 1.807) is 0 Å². The topological polar surface area (TPSA) is 0 Å². The minimum Gasteiger partial charge on any atom is -0.0917 e. The van der Waals surface area contributed by atoms with Crippen LogP contribution >= 0.6 is 0 Å². The summed E-state index contributed by atoms with van der Waals surface area (Å²) in [6.45, 7) is 4.30. The highest BCUT2D eigenvalue weighted by molar-refractivity contribution is 4.83. The van der Waals surface area contributed by atoms with Gasteiger partial charge in [-0.2, -0.15) is 0 Å². The molecule has 2 rings (SSSR count). The average molecular weight is 345 g/mol. The fraction of sp³-hybridized carbons (Fsp3) is 0.840. The van der Waals surface area contributed by atoms with Gasteiger partial charge in [0.15, 0.2) is 0 Å². The lowest BCUT2D eigenvalue weighted by molar-refractivity contribution is 0.238. The van der Waals surface area contributed by atoms with Crippen LogP contribution in [0.15, 0.2) is 24.3 Å². The van der Waals surface area contributed by atoms with Crippen LogP contribution in [-0.2, 0) is 0 Å². The SMILES string of the molecule is C/C=C\CC1CCC(CCCC[C@H]2CC[C@H](CC/C=C/C)CC2)CC1. The lowest BCUT2D eigenvalue weighted by Gasteiger charge is -2.29. The Labute approximate surface area is 158 Å². The van der Waals surface area contributed by atoms with Crippen molar-refractivity contribution in [3.05, 3.63) is 24.3 Å². The number of hydrogen-bond donors (Lipinski definition) is 0. The standard InChI is InChI=1S/C25H44/c1-3-5-7-11-23-18-20-25(21-19-23)13-9-8-12-24-16-14-22(15-17-24)10-6-4-2/h3-6,22-25H,7-21H2,1-2H3/b5-3+,6-4-/t22?,23-,24?,25-. The molecule has 0 unspecified atom stereocenters. The molecule has 2 aliphatic carbocycles. The molecule has 0 aromatic rings. The number of hydrogen-bond acceptors (Lipinski definition) is 0. The van der Waals surface area contributed by atoms with Crippen LogP contribution in [0, 0.1) is 23.7 Å².